The Balaban J connectivity index is 1.47. The predicted octanol–water partition coefficient (Wildman–Crippen LogP) is 1.36. The van der Waals surface area contributed by atoms with Crippen LogP contribution in [0.3, 0.4) is 0 Å². The molecule has 0 saturated carbocycles. The lowest BCUT2D eigenvalue weighted by Gasteiger charge is -2.23. The van der Waals surface area contributed by atoms with Crippen LogP contribution in [-0.4, -0.2) is 37.3 Å². The molecule has 1 fully saturated rings. The molecule has 1 saturated heterocycles. The van der Waals surface area contributed by atoms with E-state index in [1.54, 1.807) is 17.1 Å². The maximum Gasteiger partial charge on any atom is 0.332 e. The molecule has 2 aliphatic heterocycles. The van der Waals surface area contributed by atoms with E-state index in [0.717, 1.165) is 54.6 Å². The lowest BCUT2D eigenvalue weighted by molar-refractivity contribution is 0.297. The number of aryl methyl sites for hydroxylation is 1. The van der Waals surface area contributed by atoms with Crippen LogP contribution in [0.15, 0.2) is 38.0 Å². The minimum absolute atomic E-state index is 0.170. The van der Waals surface area contributed by atoms with Gasteiger partial charge in [-0.1, -0.05) is 0 Å². The van der Waals surface area contributed by atoms with Gasteiger partial charge < -0.3 is 4.42 Å². The Morgan fingerprint density at radius 1 is 1.21 bits per heavy atom. The van der Waals surface area contributed by atoms with Crippen molar-refractivity contribution in [2.24, 2.45) is 0 Å². The summed E-state index contributed by atoms with van der Waals surface area (Å²) in [7, 11) is 0. The van der Waals surface area contributed by atoms with Crippen LogP contribution in [0.25, 0.3) is 0 Å². The van der Waals surface area contributed by atoms with Crippen LogP contribution in [0.2, 0.25) is 0 Å². The van der Waals surface area contributed by atoms with Crippen molar-refractivity contribution >= 4 is 11.3 Å². The number of furan rings is 1. The molecule has 5 rings (SSSR count). The van der Waals surface area contributed by atoms with E-state index in [0.29, 0.717) is 6.54 Å². The van der Waals surface area contributed by atoms with E-state index in [2.05, 4.69) is 15.0 Å². The minimum atomic E-state index is -0.570. The third-order valence-corrected chi connectivity index (χ3v) is 6.64. The molecule has 5 heterocycles. The van der Waals surface area contributed by atoms with Gasteiger partial charge in [-0.3, -0.25) is 19.1 Å². The smallest absolute Gasteiger partial charge is 0.332 e. The molecule has 0 aliphatic carbocycles. The van der Waals surface area contributed by atoms with Crippen molar-refractivity contribution in [1.29, 1.82) is 0 Å². The van der Waals surface area contributed by atoms with Crippen LogP contribution in [0.4, 0.5) is 0 Å². The van der Waals surface area contributed by atoms with Crippen LogP contribution in [-0.2, 0) is 25.0 Å². The second-order valence-corrected chi connectivity index (χ2v) is 8.79. The summed E-state index contributed by atoms with van der Waals surface area (Å²) in [6, 6.07) is 1.98. The van der Waals surface area contributed by atoms with Crippen LogP contribution >= 0.6 is 11.3 Å². The van der Waals surface area contributed by atoms with Gasteiger partial charge in [-0.05, 0) is 32.4 Å². The van der Waals surface area contributed by atoms with Crippen molar-refractivity contribution in [1.82, 2.24) is 24.2 Å². The summed E-state index contributed by atoms with van der Waals surface area (Å²) in [5, 5.41) is 7.51. The molecule has 1 unspecified atom stereocenters. The SMILES string of the molecule is Cc1nc(Cn2nc3n(c(=O)c2=O)CCC32CCN(Cc3ccoc3)C2)cs1. The summed E-state index contributed by atoms with van der Waals surface area (Å²) < 4.78 is 8.06. The summed E-state index contributed by atoms with van der Waals surface area (Å²) in [6.07, 6.45) is 5.23. The number of hydrogen-bond donors (Lipinski definition) is 0. The molecule has 0 aromatic carbocycles. The fraction of sp³-hybridized carbons (Fsp3) is 0.474. The van der Waals surface area contributed by atoms with Gasteiger partial charge in [-0.25, -0.2) is 9.67 Å². The standard InChI is InChI=1S/C19H21N5O3S/c1-13-20-15(11-28-13)9-24-17(26)16(25)23-6-4-19(18(23)21-24)3-5-22(12-19)8-14-2-7-27-10-14/h2,7,10-11H,3-6,8-9,12H2,1H3. The molecule has 1 atom stereocenters. The van der Waals surface area contributed by atoms with Crippen molar-refractivity contribution in [3.63, 3.8) is 0 Å². The molecule has 2 aliphatic rings. The maximum absolute atomic E-state index is 12.7. The zero-order chi connectivity index (χ0) is 19.3. The van der Waals surface area contributed by atoms with Gasteiger partial charge in [0.15, 0.2) is 0 Å². The summed E-state index contributed by atoms with van der Waals surface area (Å²) in [5.41, 5.74) is 0.698. The summed E-state index contributed by atoms with van der Waals surface area (Å²) >= 11 is 1.53. The molecule has 0 amide bonds. The fourth-order valence-electron chi connectivity index (χ4n) is 4.44. The summed E-state index contributed by atoms with van der Waals surface area (Å²) in [6.45, 7) is 5.31. The third-order valence-electron chi connectivity index (χ3n) is 5.82. The quantitative estimate of drug-likeness (QED) is 0.616. The Kier molecular flexibility index (Phi) is 4.09. The first-order chi connectivity index (χ1) is 13.5. The molecule has 3 aromatic heterocycles. The molecule has 1 spiro atoms. The number of nitrogens with zero attached hydrogens (tertiary/aromatic N) is 5. The van der Waals surface area contributed by atoms with Gasteiger partial charge in [-0.15, -0.1) is 11.3 Å². The van der Waals surface area contributed by atoms with Crippen molar-refractivity contribution in [2.75, 3.05) is 13.1 Å². The second kappa shape index (κ2) is 6.52. The van der Waals surface area contributed by atoms with E-state index >= 15 is 0 Å². The van der Waals surface area contributed by atoms with E-state index in [4.69, 9.17) is 4.42 Å². The van der Waals surface area contributed by atoms with Crippen molar-refractivity contribution in [3.05, 3.63) is 66.8 Å². The first-order valence-corrected chi connectivity index (χ1v) is 10.3. The molecule has 0 radical (unpaired) electrons. The Morgan fingerprint density at radius 2 is 2.07 bits per heavy atom. The largest absolute Gasteiger partial charge is 0.472 e. The number of thiazole rings is 1. The third kappa shape index (κ3) is 2.85. The van der Waals surface area contributed by atoms with Gasteiger partial charge in [0.25, 0.3) is 0 Å². The van der Waals surface area contributed by atoms with Crippen molar-refractivity contribution < 1.29 is 4.42 Å². The van der Waals surface area contributed by atoms with E-state index in [1.165, 1.54) is 16.0 Å². The average Bonchev–Trinajstić information content (AvgIpc) is 3.45. The van der Waals surface area contributed by atoms with Crippen LogP contribution < -0.4 is 11.1 Å². The molecular weight excluding hydrogens is 378 g/mol. The van der Waals surface area contributed by atoms with Crippen LogP contribution in [0, 0.1) is 6.92 Å². The zero-order valence-corrected chi connectivity index (χ0v) is 16.4. The van der Waals surface area contributed by atoms with Gasteiger partial charge in [0, 0.05) is 36.0 Å². The van der Waals surface area contributed by atoms with Gasteiger partial charge in [0.2, 0.25) is 0 Å². The molecule has 9 heteroatoms. The van der Waals surface area contributed by atoms with Crippen LogP contribution in [0.1, 0.15) is 34.9 Å². The van der Waals surface area contributed by atoms with E-state index in [1.807, 2.05) is 18.4 Å². The highest BCUT2D eigenvalue weighted by molar-refractivity contribution is 7.09. The summed E-state index contributed by atoms with van der Waals surface area (Å²) in [4.78, 5) is 32.0. The highest BCUT2D eigenvalue weighted by Crippen LogP contribution is 2.40. The maximum atomic E-state index is 12.7. The van der Waals surface area contributed by atoms with Gasteiger partial charge in [0.1, 0.15) is 5.82 Å². The monoisotopic (exact) mass is 399 g/mol. The normalized spacial score (nSPS) is 21.6. The molecule has 8 nitrogen and oxygen atoms in total. The van der Waals surface area contributed by atoms with Crippen LogP contribution in [0.5, 0.6) is 0 Å². The number of aromatic nitrogens is 4. The van der Waals surface area contributed by atoms with E-state index < -0.39 is 11.1 Å². The van der Waals surface area contributed by atoms with Crippen molar-refractivity contribution in [2.45, 2.75) is 44.8 Å². The average molecular weight is 399 g/mol. The van der Waals surface area contributed by atoms with Gasteiger partial charge in [-0.2, -0.15) is 5.10 Å². The fourth-order valence-corrected chi connectivity index (χ4v) is 5.04. The Bertz CT molecular complexity index is 1130. The lowest BCUT2D eigenvalue weighted by Crippen LogP contribution is -2.45. The Morgan fingerprint density at radius 3 is 2.82 bits per heavy atom. The van der Waals surface area contributed by atoms with Gasteiger partial charge in [0.05, 0.1) is 29.8 Å². The lowest BCUT2D eigenvalue weighted by atomic mass is 9.85. The number of fused-ring (bicyclic) bond motifs is 2. The predicted molar refractivity (Wildman–Crippen MR) is 104 cm³/mol. The topological polar surface area (TPSA) is 86.2 Å². The Labute approximate surface area is 165 Å². The van der Waals surface area contributed by atoms with E-state index in [9.17, 15) is 9.59 Å². The molecule has 28 heavy (non-hydrogen) atoms. The molecule has 0 N–H and O–H groups in total. The summed E-state index contributed by atoms with van der Waals surface area (Å²) in [5.74, 6) is 0.749. The number of likely N-dealkylation sites (tertiary alicyclic amines) is 1. The first-order valence-electron chi connectivity index (χ1n) is 9.41. The van der Waals surface area contributed by atoms with E-state index in [-0.39, 0.29) is 12.0 Å². The number of rotatable bonds is 4. The minimum Gasteiger partial charge on any atom is -0.472 e. The highest BCUT2D eigenvalue weighted by atomic mass is 32.1. The molecule has 0 bridgehead atoms. The Hall–Kier alpha value is -2.52. The molecule has 3 aromatic rings. The molecular formula is C19H21N5O3S. The van der Waals surface area contributed by atoms with Crippen molar-refractivity contribution in [3.8, 4) is 0 Å². The van der Waals surface area contributed by atoms with Gasteiger partial charge >= 0.3 is 11.1 Å². The number of hydrogen-bond acceptors (Lipinski definition) is 7. The second-order valence-electron chi connectivity index (χ2n) is 7.72. The first kappa shape index (κ1) is 17.6. The highest BCUT2D eigenvalue weighted by Gasteiger charge is 2.47. The molecule has 146 valence electrons. The zero-order valence-electron chi connectivity index (χ0n) is 15.6.